The Balaban J connectivity index is 0.00000137. The van der Waals surface area contributed by atoms with Gasteiger partial charge in [0.2, 0.25) is 0 Å². The predicted molar refractivity (Wildman–Crippen MR) is 85.5 cm³/mol. The van der Waals surface area contributed by atoms with Gasteiger partial charge in [0.05, 0.1) is 0 Å². The van der Waals surface area contributed by atoms with Gasteiger partial charge in [-0.2, -0.15) is 0 Å². The largest absolute Gasteiger partial charge is 0.0984 e. The van der Waals surface area contributed by atoms with Crippen LogP contribution in [0.2, 0.25) is 0 Å². The van der Waals surface area contributed by atoms with Crippen molar-refractivity contribution >= 4 is 11.1 Å². The zero-order valence-corrected chi connectivity index (χ0v) is 12.0. The predicted octanol–water partition coefficient (Wildman–Crippen LogP) is 5.89. The van der Waals surface area contributed by atoms with E-state index in [1.54, 1.807) is 0 Å². The van der Waals surface area contributed by atoms with Crippen LogP contribution in [0.5, 0.6) is 0 Å². The summed E-state index contributed by atoms with van der Waals surface area (Å²) in [5, 5.41) is 0. The molecule has 18 heavy (non-hydrogen) atoms. The molecule has 0 amide bonds. The van der Waals surface area contributed by atoms with E-state index in [0.717, 1.165) is 11.1 Å². The SMILES string of the molecule is C=C/C(=C\C=C/C)c1cccc(C(=C)C)c1.CC. The molecule has 0 heteroatoms. The third-order valence-electron chi connectivity index (χ3n) is 2.38. The lowest BCUT2D eigenvalue weighted by atomic mass is 10.00. The summed E-state index contributed by atoms with van der Waals surface area (Å²) in [7, 11) is 0. The van der Waals surface area contributed by atoms with Crippen LogP contribution in [0.3, 0.4) is 0 Å². The van der Waals surface area contributed by atoms with E-state index in [0.29, 0.717) is 0 Å². The monoisotopic (exact) mass is 240 g/mol. The second-order valence-electron chi connectivity index (χ2n) is 3.71. The van der Waals surface area contributed by atoms with E-state index in [2.05, 4.69) is 37.4 Å². The number of rotatable bonds is 4. The topological polar surface area (TPSA) is 0 Å². The molecular formula is C18H24. The zero-order valence-electron chi connectivity index (χ0n) is 12.0. The fourth-order valence-corrected chi connectivity index (χ4v) is 1.45. The highest BCUT2D eigenvalue weighted by Crippen LogP contribution is 2.20. The minimum absolute atomic E-state index is 1.08. The lowest BCUT2D eigenvalue weighted by molar-refractivity contribution is 1.50. The zero-order chi connectivity index (χ0) is 14.0. The molecular weight excluding hydrogens is 216 g/mol. The van der Waals surface area contributed by atoms with E-state index in [9.17, 15) is 0 Å². The van der Waals surface area contributed by atoms with E-state index >= 15 is 0 Å². The van der Waals surface area contributed by atoms with E-state index < -0.39 is 0 Å². The average Bonchev–Trinajstić information content (AvgIpc) is 2.42. The van der Waals surface area contributed by atoms with Gasteiger partial charge in [-0.1, -0.05) is 75.1 Å². The Morgan fingerprint density at radius 3 is 2.28 bits per heavy atom. The van der Waals surface area contributed by atoms with Crippen LogP contribution >= 0.6 is 0 Å². The highest BCUT2D eigenvalue weighted by molar-refractivity contribution is 5.77. The quantitative estimate of drug-likeness (QED) is 0.575. The standard InChI is InChI=1S/C16H18.C2H6/c1-5-7-9-14(6-2)16-11-8-10-15(12-16)13(3)4;1-2/h5-12H,2-3H2,1,4H3;1-2H3/b7-5-,14-9+;. The Kier molecular flexibility index (Phi) is 8.30. The van der Waals surface area contributed by atoms with E-state index in [1.165, 1.54) is 11.1 Å². The molecule has 0 aromatic heterocycles. The summed E-state index contributed by atoms with van der Waals surface area (Å²) in [4.78, 5) is 0. The molecule has 96 valence electrons. The van der Waals surface area contributed by atoms with Crippen molar-refractivity contribution in [2.24, 2.45) is 0 Å². The first-order chi connectivity index (χ1) is 8.69. The first-order valence-electron chi connectivity index (χ1n) is 6.40. The van der Waals surface area contributed by atoms with Crippen molar-refractivity contribution in [2.75, 3.05) is 0 Å². The second-order valence-corrected chi connectivity index (χ2v) is 3.71. The van der Waals surface area contributed by atoms with Gasteiger partial charge < -0.3 is 0 Å². The molecule has 0 bridgehead atoms. The van der Waals surface area contributed by atoms with Crippen LogP contribution in [0.25, 0.3) is 11.1 Å². The molecule has 1 aromatic carbocycles. The Morgan fingerprint density at radius 2 is 1.78 bits per heavy atom. The molecule has 0 aliphatic carbocycles. The molecule has 0 radical (unpaired) electrons. The maximum absolute atomic E-state index is 3.95. The number of hydrogen-bond acceptors (Lipinski definition) is 0. The molecule has 0 aliphatic heterocycles. The second kappa shape index (κ2) is 9.23. The van der Waals surface area contributed by atoms with Crippen molar-refractivity contribution in [3.63, 3.8) is 0 Å². The smallest absolute Gasteiger partial charge is 0.0178 e. The first kappa shape index (κ1) is 16.2. The normalized spacial score (nSPS) is 10.8. The third kappa shape index (κ3) is 5.01. The van der Waals surface area contributed by atoms with Crippen molar-refractivity contribution in [3.8, 4) is 0 Å². The van der Waals surface area contributed by atoms with Crippen LogP contribution in [0.1, 0.15) is 38.8 Å². The summed E-state index contributed by atoms with van der Waals surface area (Å²) in [5.41, 5.74) is 4.55. The molecule has 0 fully saturated rings. The molecule has 0 unspecified atom stereocenters. The lowest BCUT2D eigenvalue weighted by Crippen LogP contribution is -1.84. The van der Waals surface area contributed by atoms with Gasteiger partial charge in [0, 0.05) is 0 Å². The van der Waals surface area contributed by atoms with Gasteiger partial charge in [-0.25, -0.2) is 0 Å². The minimum Gasteiger partial charge on any atom is -0.0984 e. The van der Waals surface area contributed by atoms with Gasteiger partial charge in [0.25, 0.3) is 0 Å². The van der Waals surface area contributed by atoms with Crippen molar-refractivity contribution in [1.29, 1.82) is 0 Å². The Morgan fingerprint density at radius 1 is 1.17 bits per heavy atom. The summed E-state index contributed by atoms with van der Waals surface area (Å²) >= 11 is 0. The molecule has 0 heterocycles. The molecule has 0 atom stereocenters. The fraction of sp³-hybridized carbons (Fsp3) is 0.222. The van der Waals surface area contributed by atoms with E-state index in [1.807, 2.05) is 52.0 Å². The van der Waals surface area contributed by atoms with Crippen molar-refractivity contribution in [3.05, 3.63) is 72.9 Å². The number of benzene rings is 1. The van der Waals surface area contributed by atoms with Crippen LogP contribution in [-0.4, -0.2) is 0 Å². The van der Waals surface area contributed by atoms with Crippen molar-refractivity contribution < 1.29 is 0 Å². The maximum atomic E-state index is 3.95. The summed E-state index contributed by atoms with van der Waals surface area (Å²) < 4.78 is 0. The molecule has 0 saturated carbocycles. The lowest BCUT2D eigenvalue weighted by Gasteiger charge is -2.05. The third-order valence-corrected chi connectivity index (χ3v) is 2.38. The van der Waals surface area contributed by atoms with Gasteiger partial charge in [-0.05, 0) is 36.6 Å². The van der Waals surface area contributed by atoms with Gasteiger partial charge in [0.15, 0.2) is 0 Å². The fourth-order valence-electron chi connectivity index (χ4n) is 1.45. The summed E-state index contributed by atoms with van der Waals surface area (Å²) in [6.07, 6.45) is 7.96. The van der Waals surface area contributed by atoms with E-state index in [4.69, 9.17) is 0 Å². The molecule has 1 rings (SSSR count). The first-order valence-corrected chi connectivity index (χ1v) is 6.40. The molecule has 0 spiro atoms. The molecule has 0 N–H and O–H groups in total. The summed E-state index contributed by atoms with van der Waals surface area (Å²) in [6.45, 7) is 15.8. The Hall–Kier alpha value is -1.82. The van der Waals surface area contributed by atoms with E-state index in [-0.39, 0.29) is 0 Å². The van der Waals surface area contributed by atoms with Crippen LogP contribution < -0.4 is 0 Å². The maximum Gasteiger partial charge on any atom is -0.0178 e. The minimum atomic E-state index is 1.08. The summed E-state index contributed by atoms with van der Waals surface area (Å²) in [6, 6.07) is 8.34. The van der Waals surface area contributed by atoms with Crippen molar-refractivity contribution in [1.82, 2.24) is 0 Å². The highest BCUT2D eigenvalue weighted by Gasteiger charge is 1.98. The molecule has 0 aliphatic rings. The number of hydrogen-bond donors (Lipinski definition) is 0. The average molecular weight is 240 g/mol. The Bertz CT molecular complexity index is 445. The van der Waals surface area contributed by atoms with Crippen LogP contribution in [0.15, 0.2) is 61.7 Å². The summed E-state index contributed by atoms with van der Waals surface area (Å²) in [5.74, 6) is 0. The van der Waals surface area contributed by atoms with Gasteiger partial charge >= 0.3 is 0 Å². The van der Waals surface area contributed by atoms with Gasteiger partial charge in [-0.3, -0.25) is 0 Å². The molecule has 0 saturated heterocycles. The van der Waals surface area contributed by atoms with Gasteiger partial charge in [0.1, 0.15) is 0 Å². The number of allylic oxidation sites excluding steroid dienone is 6. The highest BCUT2D eigenvalue weighted by atomic mass is 14.0. The molecule has 1 aromatic rings. The van der Waals surface area contributed by atoms with Crippen LogP contribution in [0.4, 0.5) is 0 Å². The molecule has 0 nitrogen and oxygen atoms in total. The Labute approximate surface area is 112 Å². The van der Waals surface area contributed by atoms with Crippen LogP contribution in [-0.2, 0) is 0 Å². The van der Waals surface area contributed by atoms with Crippen LogP contribution in [0, 0.1) is 0 Å². The van der Waals surface area contributed by atoms with Crippen molar-refractivity contribution in [2.45, 2.75) is 27.7 Å². The van der Waals surface area contributed by atoms with Gasteiger partial charge in [-0.15, -0.1) is 0 Å².